The highest BCUT2D eigenvalue weighted by Crippen LogP contribution is 2.23. The van der Waals surface area contributed by atoms with Crippen molar-refractivity contribution in [1.29, 1.82) is 0 Å². The second-order valence-corrected chi connectivity index (χ2v) is 6.57. The Morgan fingerprint density at radius 1 is 0.893 bits per heavy atom. The Kier molecular flexibility index (Phi) is 6.07. The van der Waals surface area contributed by atoms with Crippen molar-refractivity contribution in [2.75, 3.05) is 12.4 Å². The van der Waals surface area contributed by atoms with Crippen molar-refractivity contribution in [3.05, 3.63) is 76.8 Å². The molecule has 0 unspecified atom stereocenters. The number of amides is 2. The number of hydrogen-bond donors (Lipinski definition) is 2. The molecule has 0 aliphatic heterocycles. The predicted octanol–water partition coefficient (Wildman–Crippen LogP) is 2.43. The van der Waals surface area contributed by atoms with Crippen molar-refractivity contribution >= 4 is 34.3 Å². The Morgan fingerprint density at radius 3 is 2.04 bits per heavy atom. The van der Waals surface area contributed by atoms with E-state index in [-0.39, 0.29) is 16.0 Å². The van der Waals surface area contributed by atoms with Crippen molar-refractivity contribution < 1.29 is 19.1 Å². The van der Waals surface area contributed by atoms with Gasteiger partial charge in [0.15, 0.2) is 11.0 Å². The molecule has 8 nitrogen and oxygen atoms in total. The largest absolute Gasteiger partial charge is 0.467 e. The van der Waals surface area contributed by atoms with Gasteiger partial charge in [0.05, 0.1) is 7.11 Å². The second-order valence-electron chi connectivity index (χ2n) is 5.56. The van der Waals surface area contributed by atoms with Gasteiger partial charge in [0.2, 0.25) is 5.13 Å². The van der Waals surface area contributed by atoms with E-state index in [9.17, 15) is 14.4 Å². The molecule has 2 amide bonds. The molecule has 0 spiro atoms. The summed E-state index contributed by atoms with van der Waals surface area (Å²) in [6.45, 7) is 0. The number of esters is 1. The maximum absolute atomic E-state index is 12.4. The highest BCUT2D eigenvalue weighted by atomic mass is 32.1. The van der Waals surface area contributed by atoms with E-state index >= 15 is 0 Å². The van der Waals surface area contributed by atoms with Crippen LogP contribution in [0.15, 0.2) is 60.7 Å². The number of rotatable bonds is 6. The number of methoxy groups -OCH3 is 1. The van der Waals surface area contributed by atoms with Crippen LogP contribution in [0.5, 0.6) is 0 Å². The molecule has 0 saturated heterocycles. The minimum Gasteiger partial charge on any atom is -0.467 e. The van der Waals surface area contributed by atoms with Crippen molar-refractivity contribution in [2.45, 2.75) is 6.04 Å². The molecule has 142 valence electrons. The maximum Gasteiger partial charge on any atom is 0.335 e. The predicted molar refractivity (Wildman–Crippen MR) is 103 cm³/mol. The van der Waals surface area contributed by atoms with E-state index in [2.05, 4.69) is 20.8 Å². The number of anilines is 1. The normalized spacial score (nSPS) is 11.3. The smallest absolute Gasteiger partial charge is 0.335 e. The fourth-order valence-electron chi connectivity index (χ4n) is 2.30. The molecule has 0 aliphatic rings. The first-order valence-corrected chi connectivity index (χ1v) is 9.03. The lowest BCUT2D eigenvalue weighted by atomic mass is 10.2. The third-order valence-electron chi connectivity index (χ3n) is 3.69. The van der Waals surface area contributed by atoms with E-state index in [0.29, 0.717) is 11.1 Å². The van der Waals surface area contributed by atoms with E-state index < -0.39 is 17.9 Å². The number of benzene rings is 2. The van der Waals surface area contributed by atoms with Gasteiger partial charge in [-0.2, -0.15) is 0 Å². The number of hydrogen-bond acceptors (Lipinski definition) is 7. The van der Waals surface area contributed by atoms with Gasteiger partial charge in [-0.25, -0.2) is 4.79 Å². The number of carbonyl (C=O) groups excluding carboxylic acids is 3. The number of carbonyl (C=O) groups is 3. The summed E-state index contributed by atoms with van der Waals surface area (Å²) in [4.78, 5) is 36.7. The van der Waals surface area contributed by atoms with Crippen LogP contribution in [0.25, 0.3) is 0 Å². The van der Waals surface area contributed by atoms with Crippen LogP contribution in [-0.4, -0.2) is 35.1 Å². The second kappa shape index (κ2) is 8.87. The Labute approximate surface area is 164 Å². The van der Waals surface area contributed by atoms with Gasteiger partial charge in [0.25, 0.3) is 11.8 Å². The lowest BCUT2D eigenvalue weighted by Crippen LogP contribution is -2.34. The quantitative estimate of drug-likeness (QED) is 0.619. The molecule has 1 heterocycles. The van der Waals surface area contributed by atoms with Gasteiger partial charge >= 0.3 is 5.97 Å². The molecular formula is C19H16N4O4S. The van der Waals surface area contributed by atoms with E-state index in [4.69, 9.17) is 4.74 Å². The van der Waals surface area contributed by atoms with Crippen LogP contribution in [0.1, 0.15) is 31.8 Å². The zero-order chi connectivity index (χ0) is 19.9. The van der Waals surface area contributed by atoms with Gasteiger partial charge < -0.3 is 10.1 Å². The molecule has 2 N–H and O–H groups in total. The molecule has 9 heteroatoms. The number of nitrogens with zero attached hydrogens (tertiary/aromatic N) is 2. The summed E-state index contributed by atoms with van der Waals surface area (Å²) in [5, 5.41) is 13.4. The van der Waals surface area contributed by atoms with Crippen LogP contribution in [0.3, 0.4) is 0 Å². The molecule has 0 radical (unpaired) electrons. The van der Waals surface area contributed by atoms with Crippen LogP contribution in [0.4, 0.5) is 5.13 Å². The van der Waals surface area contributed by atoms with E-state index in [0.717, 1.165) is 11.3 Å². The Bertz CT molecular complexity index is 976. The zero-order valence-corrected chi connectivity index (χ0v) is 15.6. The SMILES string of the molecule is COC(=O)[C@H](NC(=O)c1ccccc1)c1nnc(NC(=O)c2ccccc2)s1. The van der Waals surface area contributed by atoms with Crippen LogP contribution in [-0.2, 0) is 9.53 Å². The minimum absolute atomic E-state index is 0.194. The third kappa shape index (κ3) is 4.57. The topological polar surface area (TPSA) is 110 Å². The van der Waals surface area contributed by atoms with Crippen molar-refractivity contribution in [3.63, 3.8) is 0 Å². The van der Waals surface area contributed by atoms with Crippen LogP contribution < -0.4 is 10.6 Å². The van der Waals surface area contributed by atoms with Crippen LogP contribution in [0.2, 0.25) is 0 Å². The van der Waals surface area contributed by atoms with Gasteiger partial charge in [0, 0.05) is 11.1 Å². The first-order chi connectivity index (χ1) is 13.6. The molecule has 3 aromatic rings. The molecule has 0 bridgehead atoms. The maximum atomic E-state index is 12.4. The Hall–Kier alpha value is -3.59. The third-order valence-corrected chi connectivity index (χ3v) is 4.60. The average Bonchev–Trinajstić information content (AvgIpc) is 3.20. The number of nitrogens with one attached hydrogen (secondary N) is 2. The van der Waals surface area contributed by atoms with Gasteiger partial charge in [0.1, 0.15) is 0 Å². The van der Waals surface area contributed by atoms with Gasteiger partial charge in [-0.05, 0) is 24.3 Å². The molecule has 3 rings (SSSR count). The summed E-state index contributed by atoms with van der Waals surface area (Å²) < 4.78 is 4.76. The summed E-state index contributed by atoms with van der Waals surface area (Å²) in [5.41, 5.74) is 0.847. The van der Waals surface area contributed by atoms with E-state index in [1.165, 1.54) is 7.11 Å². The lowest BCUT2D eigenvalue weighted by molar-refractivity contribution is -0.143. The van der Waals surface area contributed by atoms with E-state index in [1.807, 2.05) is 0 Å². The summed E-state index contributed by atoms with van der Waals surface area (Å²) in [6, 6.07) is 15.9. The molecule has 1 aromatic heterocycles. The van der Waals surface area contributed by atoms with Crippen LogP contribution in [0, 0.1) is 0 Å². The molecular weight excluding hydrogens is 380 g/mol. The first-order valence-electron chi connectivity index (χ1n) is 8.22. The fraction of sp³-hybridized carbons (Fsp3) is 0.105. The monoisotopic (exact) mass is 396 g/mol. The molecule has 1 atom stereocenters. The number of ether oxygens (including phenoxy) is 1. The summed E-state index contributed by atoms with van der Waals surface area (Å²) >= 11 is 0.975. The standard InChI is InChI=1S/C19H16N4O4S/c1-27-18(26)14(20-15(24)12-8-4-2-5-9-12)17-22-23-19(28-17)21-16(25)13-10-6-3-7-11-13/h2-11,14H,1H3,(H,20,24)(H,21,23,25)/t14-/m1/s1. The first kappa shape index (κ1) is 19.2. The summed E-state index contributed by atoms with van der Waals surface area (Å²) in [5.74, 6) is -1.51. The molecule has 0 fully saturated rings. The fourth-order valence-corrected chi connectivity index (χ4v) is 3.08. The van der Waals surface area contributed by atoms with Crippen molar-refractivity contribution in [3.8, 4) is 0 Å². The van der Waals surface area contributed by atoms with Gasteiger partial charge in [-0.1, -0.05) is 47.7 Å². The van der Waals surface area contributed by atoms with Crippen molar-refractivity contribution in [2.24, 2.45) is 0 Å². The summed E-state index contributed by atoms with van der Waals surface area (Å²) in [6.07, 6.45) is 0. The molecule has 0 saturated carbocycles. The summed E-state index contributed by atoms with van der Waals surface area (Å²) in [7, 11) is 1.21. The highest BCUT2D eigenvalue weighted by Gasteiger charge is 2.28. The average molecular weight is 396 g/mol. The van der Waals surface area contributed by atoms with Gasteiger partial charge in [-0.15, -0.1) is 10.2 Å². The molecule has 2 aromatic carbocycles. The lowest BCUT2D eigenvalue weighted by Gasteiger charge is -2.13. The highest BCUT2D eigenvalue weighted by molar-refractivity contribution is 7.15. The van der Waals surface area contributed by atoms with Gasteiger partial charge in [-0.3, -0.25) is 14.9 Å². The van der Waals surface area contributed by atoms with Crippen molar-refractivity contribution in [1.82, 2.24) is 15.5 Å². The minimum atomic E-state index is -1.14. The van der Waals surface area contributed by atoms with Crippen LogP contribution >= 0.6 is 11.3 Å². The molecule has 28 heavy (non-hydrogen) atoms. The molecule has 0 aliphatic carbocycles. The number of aromatic nitrogens is 2. The zero-order valence-electron chi connectivity index (χ0n) is 14.8. The Morgan fingerprint density at radius 2 is 1.46 bits per heavy atom. The Balaban J connectivity index is 1.76. The van der Waals surface area contributed by atoms with E-state index in [1.54, 1.807) is 60.7 Å².